The van der Waals surface area contributed by atoms with Gasteiger partial charge in [0.1, 0.15) is 16.8 Å². The Balaban J connectivity index is 1.34. The first-order valence-electron chi connectivity index (χ1n) is 17.2. The van der Waals surface area contributed by atoms with Crippen molar-refractivity contribution in [2.24, 2.45) is 0 Å². The van der Waals surface area contributed by atoms with Crippen LogP contribution in [0.3, 0.4) is 0 Å². The molecule has 5 heterocycles. The lowest BCUT2D eigenvalue weighted by Gasteiger charge is -2.28. The lowest BCUT2D eigenvalue weighted by atomic mass is 10.1. The number of allylic oxidation sites excluding steroid dienone is 1. The Morgan fingerprint density at radius 2 is 1.19 bits per heavy atom. The summed E-state index contributed by atoms with van der Waals surface area (Å²) in [6.07, 6.45) is 4.12. The van der Waals surface area contributed by atoms with E-state index in [-0.39, 0.29) is 9.79 Å². The van der Waals surface area contributed by atoms with Gasteiger partial charge in [-0.05, 0) is 117 Å². The van der Waals surface area contributed by atoms with E-state index in [1.165, 1.54) is 24.3 Å². The molecule has 0 aliphatic heterocycles. The summed E-state index contributed by atoms with van der Waals surface area (Å²) >= 11 is 0. The summed E-state index contributed by atoms with van der Waals surface area (Å²) < 4.78 is 49.7. The third-order valence-corrected chi connectivity index (χ3v) is 12.3. The van der Waals surface area contributed by atoms with Gasteiger partial charge in [-0.2, -0.15) is 5.26 Å². The average Bonchev–Trinajstić information content (AvgIpc) is 3.19. The molecule has 11 aromatic rings. The topological polar surface area (TPSA) is 102 Å². The van der Waals surface area contributed by atoms with Crippen LogP contribution in [0.15, 0.2) is 140 Å². The van der Waals surface area contributed by atoms with Gasteiger partial charge in [-0.1, -0.05) is 24.3 Å². The largest absolute Gasteiger partial charge is 0.458 e. The zero-order chi connectivity index (χ0) is 35.7. The maximum atomic E-state index is 13.7. The molecule has 10 heteroatoms. The lowest BCUT2D eigenvalue weighted by molar-refractivity contribution is 0.555. The van der Waals surface area contributed by atoms with Crippen molar-refractivity contribution >= 4 is 87.8 Å². The van der Waals surface area contributed by atoms with Crippen molar-refractivity contribution in [3.8, 4) is 11.8 Å². The van der Waals surface area contributed by atoms with Crippen LogP contribution in [0.4, 0.5) is 0 Å². The minimum atomic E-state index is -3.83. The predicted molar refractivity (Wildman–Crippen MR) is 207 cm³/mol. The SMILES string of the molecule is C/C=C\c1c(C)oc2ccc3c4c2n1c1cccc2c1n4c1c(ccc4oc5ccccc5n2c41)n3-c1ccc(S(=O)(=O)c2ccc(C#N)cc2)cc1. The van der Waals surface area contributed by atoms with E-state index in [2.05, 4.69) is 60.2 Å². The summed E-state index contributed by atoms with van der Waals surface area (Å²) in [6.45, 7) is 4.01. The van der Waals surface area contributed by atoms with Crippen LogP contribution < -0.4 is 0 Å². The third kappa shape index (κ3) is 3.76. The molecule has 53 heavy (non-hydrogen) atoms. The Kier molecular flexibility index (Phi) is 5.79. The molecule has 0 unspecified atom stereocenters. The van der Waals surface area contributed by atoms with Crippen LogP contribution >= 0.6 is 0 Å². The van der Waals surface area contributed by atoms with Crippen LogP contribution in [0, 0.1) is 18.3 Å². The molecule has 0 atom stereocenters. The number of aryl methyl sites for hydroxylation is 1. The number of benzene rings is 6. The number of nitriles is 1. The molecular weight excluding hydrogens is 683 g/mol. The zero-order valence-electron chi connectivity index (χ0n) is 28.4. The van der Waals surface area contributed by atoms with E-state index in [4.69, 9.17) is 8.83 Å². The molecule has 0 saturated heterocycles. The number of aromatic nitrogens is 4. The molecule has 0 aliphatic carbocycles. The molecule has 11 rings (SSSR count). The summed E-state index contributed by atoms with van der Waals surface area (Å²) in [4.78, 5) is 0.292. The molecule has 254 valence electrons. The molecule has 0 bridgehead atoms. The van der Waals surface area contributed by atoms with E-state index in [1.54, 1.807) is 12.1 Å². The first-order valence-corrected chi connectivity index (χ1v) is 18.7. The van der Waals surface area contributed by atoms with Crippen LogP contribution in [-0.2, 0) is 9.84 Å². The Bertz CT molecular complexity index is 3540. The Hall–Kier alpha value is -6.96. The number of para-hydroxylation sites is 3. The van der Waals surface area contributed by atoms with Crippen molar-refractivity contribution in [2.45, 2.75) is 23.6 Å². The fraction of sp³-hybridized carbons (Fsp3) is 0.0465. The summed E-state index contributed by atoms with van der Waals surface area (Å²) in [7, 11) is -3.83. The molecular formula is C43H27N5O4S. The predicted octanol–water partition coefficient (Wildman–Crippen LogP) is 10.2. The second kappa shape index (κ2) is 10.3. The molecule has 0 radical (unpaired) electrons. The van der Waals surface area contributed by atoms with E-state index in [9.17, 15) is 13.7 Å². The summed E-state index contributed by atoms with van der Waals surface area (Å²) in [5.41, 5.74) is 14.0. The highest BCUT2D eigenvalue weighted by atomic mass is 32.2. The van der Waals surface area contributed by atoms with Gasteiger partial charge in [0, 0.05) is 5.69 Å². The van der Waals surface area contributed by atoms with Gasteiger partial charge in [0.05, 0.1) is 71.3 Å². The molecule has 0 saturated carbocycles. The van der Waals surface area contributed by atoms with Crippen LogP contribution in [0.2, 0.25) is 0 Å². The zero-order valence-corrected chi connectivity index (χ0v) is 29.2. The van der Waals surface area contributed by atoms with Crippen LogP contribution in [-0.4, -0.2) is 26.2 Å². The van der Waals surface area contributed by atoms with Gasteiger partial charge in [-0.25, -0.2) is 8.42 Å². The summed E-state index contributed by atoms with van der Waals surface area (Å²) in [6, 6.07) is 37.8. The normalized spacial score (nSPS) is 12.8. The van der Waals surface area contributed by atoms with Crippen LogP contribution in [0.25, 0.3) is 83.7 Å². The summed E-state index contributed by atoms with van der Waals surface area (Å²) in [5.74, 6) is 0.796. The van der Waals surface area contributed by atoms with Gasteiger partial charge >= 0.3 is 0 Å². The molecule has 0 aliphatic rings. The Labute approximate surface area is 300 Å². The fourth-order valence-corrected chi connectivity index (χ4v) is 9.54. The van der Waals surface area contributed by atoms with E-state index in [0.717, 1.165) is 89.1 Å². The molecule has 9 nitrogen and oxygen atoms in total. The second-order valence-electron chi connectivity index (χ2n) is 13.3. The van der Waals surface area contributed by atoms with Crippen molar-refractivity contribution in [1.29, 1.82) is 5.26 Å². The lowest BCUT2D eigenvalue weighted by Crippen LogP contribution is -2.14. The molecule has 0 fully saturated rings. The maximum absolute atomic E-state index is 13.7. The van der Waals surface area contributed by atoms with Crippen molar-refractivity contribution in [1.82, 2.24) is 17.8 Å². The number of rotatable bonds is 4. The van der Waals surface area contributed by atoms with Crippen LogP contribution in [0.1, 0.15) is 23.9 Å². The number of fused-ring (bicyclic) bond motifs is 4. The van der Waals surface area contributed by atoms with Gasteiger partial charge in [0.15, 0.2) is 16.7 Å². The first kappa shape index (κ1) is 29.7. The minimum absolute atomic E-state index is 0.131. The van der Waals surface area contributed by atoms with E-state index >= 15 is 0 Å². The number of hydrogen-bond acceptors (Lipinski definition) is 5. The monoisotopic (exact) mass is 709 g/mol. The Morgan fingerprint density at radius 3 is 1.87 bits per heavy atom. The molecule has 5 aromatic heterocycles. The quantitative estimate of drug-likeness (QED) is 0.134. The smallest absolute Gasteiger partial charge is 0.206 e. The van der Waals surface area contributed by atoms with Crippen molar-refractivity contribution in [3.05, 3.63) is 138 Å². The minimum Gasteiger partial charge on any atom is -0.458 e. The molecule has 0 amide bonds. The standard InChI is InChI=1S/C43H27N5O4S/c1-3-7-30-25(2)51-37-22-20-34-40-42(37)46(30)32-9-6-10-33-39(32)48(40)41-35(21-23-38-43(41)47(33)31-8-4-5-11-36(31)52-38)45(34)27-14-18-29(19-15-27)53(49,50)28-16-12-26(24-44)13-17-28/h3-23H,1-2H3/b7-3-. The summed E-state index contributed by atoms with van der Waals surface area (Å²) in [5, 5.41) is 9.22. The number of hydrogen-bond donors (Lipinski definition) is 0. The molecule has 0 spiro atoms. The number of nitrogens with zero attached hydrogens (tertiary/aromatic N) is 5. The fourth-order valence-electron chi connectivity index (χ4n) is 8.28. The van der Waals surface area contributed by atoms with Crippen molar-refractivity contribution in [2.75, 3.05) is 0 Å². The van der Waals surface area contributed by atoms with Gasteiger partial charge in [-0.15, -0.1) is 0 Å². The Morgan fingerprint density at radius 1 is 0.585 bits per heavy atom. The highest BCUT2D eigenvalue weighted by Gasteiger charge is 2.27. The van der Waals surface area contributed by atoms with Gasteiger partial charge in [-0.3, -0.25) is 13.2 Å². The number of sulfone groups is 1. The van der Waals surface area contributed by atoms with Gasteiger partial charge in [0.2, 0.25) is 9.84 Å². The molecule has 0 N–H and O–H groups in total. The van der Waals surface area contributed by atoms with Gasteiger partial charge < -0.3 is 13.4 Å². The third-order valence-electron chi connectivity index (χ3n) is 10.5. The average molecular weight is 710 g/mol. The second-order valence-corrected chi connectivity index (χ2v) is 15.2. The van der Waals surface area contributed by atoms with E-state index < -0.39 is 9.84 Å². The van der Waals surface area contributed by atoms with Crippen LogP contribution in [0.5, 0.6) is 0 Å². The highest BCUT2D eigenvalue weighted by molar-refractivity contribution is 7.91. The van der Waals surface area contributed by atoms with Gasteiger partial charge in [0.25, 0.3) is 0 Å². The highest BCUT2D eigenvalue weighted by Crippen LogP contribution is 2.43. The van der Waals surface area contributed by atoms with Crippen molar-refractivity contribution in [3.63, 3.8) is 0 Å². The van der Waals surface area contributed by atoms with Crippen molar-refractivity contribution < 1.29 is 17.3 Å². The van der Waals surface area contributed by atoms with E-state index in [0.29, 0.717) is 5.56 Å². The first-order chi connectivity index (χ1) is 25.9. The maximum Gasteiger partial charge on any atom is 0.206 e. The molecule has 6 aromatic carbocycles. The van der Waals surface area contributed by atoms with E-state index in [1.807, 2.05) is 68.5 Å².